The number of nitrogens with zero attached hydrogens (tertiary/aromatic N) is 2. The van der Waals surface area contributed by atoms with Gasteiger partial charge in [-0.05, 0) is 41.5 Å². The third-order valence-electron chi connectivity index (χ3n) is 5.87. The number of hydrogen-bond donors (Lipinski definition) is 2. The molecule has 3 amide bonds. The van der Waals surface area contributed by atoms with Crippen LogP contribution in [0.2, 0.25) is 0 Å². The number of fused-ring (bicyclic) bond motifs is 2. The molecule has 2 heterocycles. The summed E-state index contributed by atoms with van der Waals surface area (Å²) in [5.41, 5.74) is 4.32. The lowest BCUT2D eigenvalue weighted by atomic mass is 9.95. The number of likely N-dealkylation sites (N-methyl/N-ethyl adjacent to an activating group) is 1. The molecular weight excluding hydrogens is 352 g/mol. The van der Waals surface area contributed by atoms with Gasteiger partial charge in [-0.15, -0.1) is 0 Å². The number of carbonyl (C=O) groups excluding carboxylic acids is 2. The van der Waals surface area contributed by atoms with Crippen molar-refractivity contribution in [2.75, 3.05) is 12.4 Å². The number of imide groups is 1. The smallest absolute Gasteiger partial charge is 0.324 e. The number of rotatable bonds is 3. The molecule has 1 aliphatic carbocycles. The minimum atomic E-state index is -0.797. The monoisotopic (exact) mass is 372 g/mol. The van der Waals surface area contributed by atoms with Crippen molar-refractivity contribution in [3.05, 3.63) is 71.4 Å². The van der Waals surface area contributed by atoms with Gasteiger partial charge in [0, 0.05) is 31.0 Å². The highest BCUT2D eigenvalue weighted by Crippen LogP contribution is 2.38. The molecule has 5 rings (SSSR count). The SMILES string of the molecule is CN1C(=O)NC(=O)C12Cc1cc3ccc(CNc4ccccc4)nc3cc1C2. The van der Waals surface area contributed by atoms with E-state index in [1.807, 2.05) is 36.4 Å². The highest BCUT2D eigenvalue weighted by molar-refractivity contribution is 6.07. The van der Waals surface area contributed by atoms with E-state index >= 15 is 0 Å². The molecule has 2 aliphatic rings. The molecule has 1 spiro atoms. The number of pyridine rings is 1. The van der Waals surface area contributed by atoms with E-state index in [1.54, 1.807) is 11.9 Å². The van der Waals surface area contributed by atoms with Crippen LogP contribution in [0.1, 0.15) is 16.8 Å². The quantitative estimate of drug-likeness (QED) is 0.694. The maximum atomic E-state index is 12.5. The van der Waals surface area contributed by atoms with Crippen molar-refractivity contribution in [2.24, 2.45) is 0 Å². The molecule has 1 unspecified atom stereocenters. The van der Waals surface area contributed by atoms with Gasteiger partial charge in [-0.2, -0.15) is 0 Å². The third kappa shape index (κ3) is 2.52. The Balaban J connectivity index is 1.44. The molecule has 0 saturated carbocycles. The Morgan fingerprint density at radius 1 is 1.07 bits per heavy atom. The third-order valence-corrected chi connectivity index (χ3v) is 5.87. The molecule has 1 atom stereocenters. The van der Waals surface area contributed by atoms with Crippen molar-refractivity contribution in [1.82, 2.24) is 15.2 Å². The second-order valence-corrected chi connectivity index (χ2v) is 7.54. The summed E-state index contributed by atoms with van der Waals surface area (Å²) >= 11 is 0. The Morgan fingerprint density at radius 2 is 1.82 bits per heavy atom. The summed E-state index contributed by atoms with van der Waals surface area (Å²) in [6.45, 7) is 0.640. The summed E-state index contributed by atoms with van der Waals surface area (Å²) in [6.07, 6.45) is 1.07. The fourth-order valence-corrected chi connectivity index (χ4v) is 4.21. The maximum absolute atomic E-state index is 12.5. The van der Waals surface area contributed by atoms with Crippen LogP contribution < -0.4 is 10.6 Å². The van der Waals surface area contributed by atoms with Crippen molar-refractivity contribution < 1.29 is 9.59 Å². The number of benzene rings is 2. The van der Waals surface area contributed by atoms with Crippen molar-refractivity contribution in [3.63, 3.8) is 0 Å². The maximum Gasteiger partial charge on any atom is 0.324 e. The number of hydrogen-bond acceptors (Lipinski definition) is 4. The van der Waals surface area contributed by atoms with Crippen molar-refractivity contribution in [2.45, 2.75) is 24.9 Å². The molecule has 140 valence electrons. The van der Waals surface area contributed by atoms with E-state index in [-0.39, 0.29) is 11.9 Å². The van der Waals surface area contributed by atoms with Gasteiger partial charge in [0.1, 0.15) is 5.54 Å². The van der Waals surface area contributed by atoms with E-state index in [2.05, 4.69) is 28.8 Å². The van der Waals surface area contributed by atoms with Gasteiger partial charge in [-0.25, -0.2) is 4.79 Å². The lowest BCUT2D eigenvalue weighted by Crippen LogP contribution is -2.48. The number of carbonyl (C=O) groups is 2. The standard InChI is InChI=1S/C22H20N4O2/c1-26-21(28)25-20(27)22(26)11-15-9-14-7-8-18(24-19(14)10-16(15)12-22)13-23-17-5-3-2-4-6-17/h2-10,23H,11-13H2,1H3,(H,25,27,28). The summed E-state index contributed by atoms with van der Waals surface area (Å²) in [6, 6.07) is 18.0. The first-order chi connectivity index (χ1) is 13.5. The summed E-state index contributed by atoms with van der Waals surface area (Å²) < 4.78 is 0. The van der Waals surface area contributed by atoms with Gasteiger partial charge in [0.15, 0.2) is 0 Å². The van der Waals surface area contributed by atoms with Crippen molar-refractivity contribution >= 4 is 28.5 Å². The lowest BCUT2D eigenvalue weighted by molar-refractivity contribution is -0.125. The molecule has 2 aromatic carbocycles. The van der Waals surface area contributed by atoms with E-state index in [9.17, 15) is 9.59 Å². The van der Waals surface area contributed by atoms with Gasteiger partial charge in [0.25, 0.3) is 5.91 Å². The molecule has 1 fully saturated rings. The number of nitrogens with one attached hydrogen (secondary N) is 2. The van der Waals surface area contributed by atoms with Gasteiger partial charge in [-0.1, -0.05) is 24.3 Å². The number of aromatic nitrogens is 1. The molecule has 1 aliphatic heterocycles. The Kier molecular flexibility index (Phi) is 3.62. The van der Waals surface area contributed by atoms with Crippen molar-refractivity contribution in [3.8, 4) is 0 Å². The summed E-state index contributed by atoms with van der Waals surface area (Å²) in [7, 11) is 1.69. The Bertz CT molecular complexity index is 1110. The van der Waals surface area contributed by atoms with Gasteiger partial charge in [0.05, 0.1) is 17.8 Å². The minimum absolute atomic E-state index is 0.207. The number of amides is 3. The van der Waals surface area contributed by atoms with E-state index in [4.69, 9.17) is 4.98 Å². The first-order valence-corrected chi connectivity index (χ1v) is 9.35. The predicted molar refractivity (Wildman–Crippen MR) is 107 cm³/mol. The van der Waals surface area contributed by atoms with Crippen LogP contribution in [-0.2, 0) is 24.2 Å². The van der Waals surface area contributed by atoms with Crippen LogP contribution in [0.5, 0.6) is 0 Å². The fourth-order valence-electron chi connectivity index (χ4n) is 4.21. The van der Waals surface area contributed by atoms with Crippen molar-refractivity contribution in [1.29, 1.82) is 0 Å². The highest BCUT2D eigenvalue weighted by Gasteiger charge is 2.54. The van der Waals surface area contributed by atoms with Crippen LogP contribution >= 0.6 is 0 Å². The van der Waals surface area contributed by atoms with Crippen LogP contribution in [0.4, 0.5) is 10.5 Å². The van der Waals surface area contributed by atoms with Gasteiger partial charge >= 0.3 is 6.03 Å². The van der Waals surface area contributed by atoms with Crippen LogP contribution in [0.3, 0.4) is 0 Å². The average Bonchev–Trinajstić information content (AvgIpc) is 3.18. The molecule has 6 nitrogen and oxygen atoms in total. The number of anilines is 1. The second kappa shape index (κ2) is 6.05. The van der Waals surface area contributed by atoms with Gasteiger partial charge < -0.3 is 10.2 Å². The largest absolute Gasteiger partial charge is 0.379 e. The second-order valence-electron chi connectivity index (χ2n) is 7.54. The zero-order chi connectivity index (χ0) is 19.3. The van der Waals surface area contributed by atoms with E-state index in [0.29, 0.717) is 19.4 Å². The van der Waals surface area contributed by atoms with Crippen LogP contribution in [0.15, 0.2) is 54.6 Å². The number of urea groups is 1. The van der Waals surface area contributed by atoms with E-state index in [0.717, 1.165) is 33.4 Å². The molecule has 3 aromatic rings. The predicted octanol–water partition coefficient (Wildman–Crippen LogP) is 2.87. The number of para-hydroxylation sites is 1. The Morgan fingerprint density at radius 3 is 2.54 bits per heavy atom. The van der Waals surface area contributed by atoms with Gasteiger partial charge in [-0.3, -0.25) is 15.1 Å². The minimum Gasteiger partial charge on any atom is -0.379 e. The molecular formula is C22H20N4O2. The summed E-state index contributed by atoms with van der Waals surface area (Å²) in [4.78, 5) is 30.7. The van der Waals surface area contributed by atoms with Crippen LogP contribution in [-0.4, -0.2) is 34.4 Å². The first kappa shape index (κ1) is 16.7. The molecule has 28 heavy (non-hydrogen) atoms. The molecule has 6 heteroatoms. The summed E-state index contributed by atoms with van der Waals surface area (Å²) in [5, 5.41) is 6.86. The average molecular weight is 372 g/mol. The van der Waals surface area contributed by atoms with Crippen LogP contribution in [0.25, 0.3) is 10.9 Å². The first-order valence-electron chi connectivity index (χ1n) is 9.35. The topological polar surface area (TPSA) is 74.3 Å². The van der Waals surface area contributed by atoms with Gasteiger partial charge in [0.2, 0.25) is 0 Å². The zero-order valence-electron chi connectivity index (χ0n) is 15.5. The normalized spacial score (nSPS) is 20.7. The Labute approximate surface area is 162 Å². The lowest BCUT2D eigenvalue weighted by Gasteiger charge is -2.27. The molecule has 1 aromatic heterocycles. The molecule has 1 saturated heterocycles. The van der Waals surface area contributed by atoms with E-state index < -0.39 is 5.54 Å². The van der Waals surface area contributed by atoms with E-state index in [1.165, 1.54) is 0 Å². The molecule has 0 bridgehead atoms. The molecule has 2 N–H and O–H groups in total. The highest BCUT2D eigenvalue weighted by atomic mass is 16.2. The Hall–Kier alpha value is -3.41. The molecule has 0 radical (unpaired) electrons. The summed E-state index contributed by atoms with van der Waals surface area (Å²) in [5.74, 6) is -0.207. The van der Waals surface area contributed by atoms with Crippen LogP contribution in [0, 0.1) is 0 Å². The zero-order valence-corrected chi connectivity index (χ0v) is 15.5. The fraction of sp³-hybridized carbons (Fsp3) is 0.227.